The minimum absolute atomic E-state index is 0.0205. The maximum absolute atomic E-state index is 12.9. The van der Waals surface area contributed by atoms with Crippen LogP contribution in [0.1, 0.15) is 13.8 Å². The van der Waals surface area contributed by atoms with E-state index in [0.717, 1.165) is 4.31 Å². The smallest absolute Gasteiger partial charge is 0.321 e. The molecule has 0 bridgehead atoms. The molecule has 1 atom stereocenters. The van der Waals surface area contributed by atoms with Crippen LogP contribution in [0.4, 0.5) is 0 Å². The van der Waals surface area contributed by atoms with Crippen LogP contribution in [0.2, 0.25) is 0 Å². The summed E-state index contributed by atoms with van der Waals surface area (Å²) in [6.07, 6.45) is 0. The quantitative estimate of drug-likeness (QED) is 0.637. The second kappa shape index (κ2) is 8.67. The SMILES string of the molecule is COc1cc(OC)cc(S(=O)(=O)N(CCNC(C)=O)C(C)C(=O)O)c1. The third-order valence-corrected chi connectivity index (χ3v) is 5.37. The number of methoxy groups -OCH3 is 2. The van der Waals surface area contributed by atoms with E-state index in [1.807, 2.05) is 0 Å². The molecule has 140 valence electrons. The topological polar surface area (TPSA) is 122 Å². The van der Waals surface area contributed by atoms with E-state index in [-0.39, 0.29) is 35.4 Å². The fraction of sp³-hybridized carbons (Fsp3) is 0.467. The molecule has 1 rings (SSSR count). The highest BCUT2D eigenvalue weighted by molar-refractivity contribution is 7.89. The van der Waals surface area contributed by atoms with Crippen molar-refractivity contribution in [1.82, 2.24) is 9.62 Å². The summed E-state index contributed by atoms with van der Waals surface area (Å²) in [7, 11) is -1.42. The molecule has 0 spiro atoms. The summed E-state index contributed by atoms with van der Waals surface area (Å²) in [5.41, 5.74) is 0. The second-order valence-corrected chi connectivity index (χ2v) is 7.05. The van der Waals surface area contributed by atoms with E-state index in [9.17, 15) is 23.1 Å². The first kappa shape index (κ1) is 20.7. The number of aliphatic carboxylic acids is 1. The average molecular weight is 374 g/mol. The van der Waals surface area contributed by atoms with E-state index in [2.05, 4.69) is 5.32 Å². The molecule has 0 aliphatic rings. The van der Waals surface area contributed by atoms with Crippen LogP contribution in [0.3, 0.4) is 0 Å². The van der Waals surface area contributed by atoms with Crippen molar-refractivity contribution in [2.24, 2.45) is 0 Å². The molecule has 0 heterocycles. The molecule has 0 radical (unpaired) electrons. The van der Waals surface area contributed by atoms with Crippen molar-refractivity contribution in [2.45, 2.75) is 24.8 Å². The molecule has 0 saturated heterocycles. The Labute approximate surface area is 146 Å². The van der Waals surface area contributed by atoms with Gasteiger partial charge in [-0.05, 0) is 6.92 Å². The van der Waals surface area contributed by atoms with Gasteiger partial charge in [0.2, 0.25) is 15.9 Å². The van der Waals surface area contributed by atoms with Crippen molar-refractivity contribution in [3.05, 3.63) is 18.2 Å². The normalized spacial score (nSPS) is 12.5. The number of carbonyl (C=O) groups excluding carboxylic acids is 1. The van der Waals surface area contributed by atoms with E-state index < -0.39 is 22.0 Å². The molecule has 1 amide bonds. The lowest BCUT2D eigenvalue weighted by Crippen LogP contribution is -2.46. The minimum Gasteiger partial charge on any atom is -0.497 e. The first-order valence-electron chi connectivity index (χ1n) is 7.35. The molecule has 10 heteroatoms. The van der Waals surface area contributed by atoms with Gasteiger partial charge in [-0.1, -0.05) is 0 Å². The number of hydrogen-bond donors (Lipinski definition) is 2. The molecule has 0 saturated carbocycles. The van der Waals surface area contributed by atoms with Gasteiger partial charge in [-0.2, -0.15) is 4.31 Å². The van der Waals surface area contributed by atoms with Crippen LogP contribution in [0.5, 0.6) is 11.5 Å². The molecule has 25 heavy (non-hydrogen) atoms. The Balaban J connectivity index is 3.30. The molecule has 9 nitrogen and oxygen atoms in total. The van der Waals surface area contributed by atoms with Gasteiger partial charge in [0, 0.05) is 38.2 Å². The zero-order valence-corrected chi connectivity index (χ0v) is 15.3. The summed E-state index contributed by atoms with van der Waals surface area (Å²) in [4.78, 5) is 22.1. The van der Waals surface area contributed by atoms with Gasteiger partial charge in [0.05, 0.1) is 19.1 Å². The van der Waals surface area contributed by atoms with Gasteiger partial charge < -0.3 is 19.9 Å². The van der Waals surface area contributed by atoms with Crippen LogP contribution in [-0.2, 0) is 19.6 Å². The monoisotopic (exact) mass is 374 g/mol. The largest absolute Gasteiger partial charge is 0.497 e. The molecule has 1 unspecified atom stereocenters. The molecule has 2 N–H and O–H groups in total. The number of amides is 1. The second-order valence-electron chi connectivity index (χ2n) is 5.16. The lowest BCUT2D eigenvalue weighted by Gasteiger charge is -2.26. The number of nitrogens with one attached hydrogen (secondary N) is 1. The molecule has 0 aromatic heterocycles. The van der Waals surface area contributed by atoms with Gasteiger partial charge in [-0.3, -0.25) is 9.59 Å². The van der Waals surface area contributed by atoms with Gasteiger partial charge in [0.15, 0.2) is 0 Å². The Morgan fingerprint density at radius 1 is 1.20 bits per heavy atom. The van der Waals surface area contributed by atoms with E-state index >= 15 is 0 Å². The highest BCUT2D eigenvalue weighted by Gasteiger charge is 2.33. The zero-order valence-electron chi connectivity index (χ0n) is 14.5. The first-order valence-corrected chi connectivity index (χ1v) is 8.79. The third-order valence-electron chi connectivity index (χ3n) is 3.43. The number of ether oxygens (including phenoxy) is 2. The van der Waals surface area contributed by atoms with Gasteiger partial charge in [-0.25, -0.2) is 8.42 Å². The Morgan fingerprint density at radius 3 is 2.12 bits per heavy atom. The van der Waals surface area contributed by atoms with E-state index in [1.165, 1.54) is 46.3 Å². The maximum atomic E-state index is 12.9. The Hall–Kier alpha value is -2.33. The summed E-state index contributed by atoms with van der Waals surface area (Å²) in [6, 6.07) is 2.73. The number of hydrogen-bond acceptors (Lipinski definition) is 6. The molecule has 0 fully saturated rings. The van der Waals surface area contributed by atoms with Crippen molar-refractivity contribution in [3.63, 3.8) is 0 Å². The van der Waals surface area contributed by atoms with Crippen LogP contribution in [-0.4, -0.2) is 63.1 Å². The van der Waals surface area contributed by atoms with Crippen molar-refractivity contribution < 1.29 is 32.6 Å². The standard InChI is InChI=1S/C15H22N2O7S/c1-10(15(19)20)17(6-5-16-11(2)18)25(21,22)14-8-12(23-3)7-13(9-14)24-4/h7-10H,5-6H2,1-4H3,(H,16,18)(H,19,20). The van der Waals surface area contributed by atoms with Crippen LogP contribution < -0.4 is 14.8 Å². The number of sulfonamides is 1. The van der Waals surface area contributed by atoms with Gasteiger partial charge in [-0.15, -0.1) is 0 Å². The minimum atomic E-state index is -4.17. The molecule has 0 aliphatic carbocycles. The number of benzene rings is 1. The third kappa shape index (κ3) is 5.33. The Morgan fingerprint density at radius 2 is 1.72 bits per heavy atom. The summed E-state index contributed by atoms with van der Waals surface area (Å²) in [5, 5.41) is 11.7. The highest BCUT2D eigenvalue weighted by Crippen LogP contribution is 2.28. The molecule has 0 aliphatic heterocycles. The number of carboxylic acids is 1. The van der Waals surface area contributed by atoms with Crippen molar-refractivity contribution in [2.75, 3.05) is 27.3 Å². The van der Waals surface area contributed by atoms with Gasteiger partial charge in [0.25, 0.3) is 0 Å². The molecule has 1 aromatic rings. The van der Waals surface area contributed by atoms with Crippen molar-refractivity contribution >= 4 is 21.9 Å². The summed E-state index contributed by atoms with van der Waals surface area (Å²) < 4.78 is 36.8. The summed E-state index contributed by atoms with van der Waals surface area (Å²) in [6.45, 7) is 2.32. The van der Waals surface area contributed by atoms with Crippen LogP contribution >= 0.6 is 0 Å². The van der Waals surface area contributed by atoms with Crippen molar-refractivity contribution in [1.29, 1.82) is 0 Å². The van der Waals surface area contributed by atoms with E-state index in [0.29, 0.717) is 0 Å². The molecular weight excluding hydrogens is 352 g/mol. The van der Waals surface area contributed by atoms with Crippen LogP contribution in [0.25, 0.3) is 0 Å². The van der Waals surface area contributed by atoms with Crippen molar-refractivity contribution in [3.8, 4) is 11.5 Å². The Bertz CT molecular complexity index is 711. The van der Waals surface area contributed by atoms with E-state index in [1.54, 1.807) is 0 Å². The Kier molecular flexibility index (Phi) is 7.19. The lowest BCUT2D eigenvalue weighted by molar-refractivity contribution is -0.140. The number of nitrogens with zero attached hydrogens (tertiary/aromatic N) is 1. The molecule has 1 aromatic carbocycles. The summed E-state index contributed by atoms with van der Waals surface area (Å²) >= 11 is 0. The fourth-order valence-electron chi connectivity index (χ4n) is 2.05. The number of carboxylic acid groups (broad SMARTS) is 1. The fourth-order valence-corrected chi connectivity index (χ4v) is 3.69. The van der Waals surface area contributed by atoms with Gasteiger partial charge in [0.1, 0.15) is 17.5 Å². The number of rotatable bonds is 9. The zero-order chi connectivity index (χ0) is 19.2. The number of carbonyl (C=O) groups is 2. The summed E-state index contributed by atoms with van der Waals surface area (Å²) in [5.74, 6) is -1.14. The van der Waals surface area contributed by atoms with Crippen LogP contribution in [0, 0.1) is 0 Å². The van der Waals surface area contributed by atoms with E-state index in [4.69, 9.17) is 9.47 Å². The van der Waals surface area contributed by atoms with Gasteiger partial charge >= 0.3 is 5.97 Å². The average Bonchev–Trinajstić information content (AvgIpc) is 2.56. The predicted molar refractivity (Wildman–Crippen MR) is 89.2 cm³/mol. The van der Waals surface area contributed by atoms with Crippen LogP contribution in [0.15, 0.2) is 23.1 Å². The maximum Gasteiger partial charge on any atom is 0.321 e. The predicted octanol–water partition coefficient (Wildman–Crippen LogP) is 0.304. The molecular formula is C15H22N2O7S. The lowest BCUT2D eigenvalue weighted by atomic mass is 10.3. The first-order chi connectivity index (χ1) is 11.6. The highest BCUT2D eigenvalue weighted by atomic mass is 32.2.